The van der Waals surface area contributed by atoms with Gasteiger partial charge in [0.1, 0.15) is 0 Å². The first kappa shape index (κ1) is 18.3. The summed E-state index contributed by atoms with van der Waals surface area (Å²) >= 11 is 0. The molecule has 1 saturated heterocycles. The van der Waals surface area contributed by atoms with Crippen LogP contribution < -0.4 is 5.32 Å². The Morgan fingerprint density at radius 1 is 1.04 bits per heavy atom. The number of likely N-dealkylation sites (tertiary alicyclic amines) is 1. The van der Waals surface area contributed by atoms with Crippen molar-refractivity contribution in [3.63, 3.8) is 0 Å². The molecule has 3 aliphatic rings. The van der Waals surface area contributed by atoms with Gasteiger partial charge in [0.25, 0.3) is 0 Å². The van der Waals surface area contributed by atoms with Crippen molar-refractivity contribution in [1.29, 1.82) is 0 Å². The molecule has 2 nitrogen and oxygen atoms in total. The van der Waals surface area contributed by atoms with Crippen molar-refractivity contribution in [3.8, 4) is 0 Å². The van der Waals surface area contributed by atoms with Crippen LogP contribution in [0.15, 0.2) is 18.2 Å². The van der Waals surface area contributed by atoms with Crippen LogP contribution in [0.4, 0.5) is 5.69 Å². The molecule has 0 aromatic heterocycles. The third-order valence-electron chi connectivity index (χ3n) is 7.52. The van der Waals surface area contributed by atoms with Gasteiger partial charge in [0.2, 0.25) is 0 Å². The Kier molecular flexibility index (Phi) is 5.07. The molecule has 1 N–H and O–H groups in total. The zero-order valence-electron chi connectivity index (χ0n) is 17.2. The minimum absolute atomic E-state index is 0.341. The van der Waals surface area contributed by atoms with Gasteiger partial charge in [-0.15, -0.1) is 0 Å². The fraction of sp³-hybridized carbons (Fsp3) is 0.750. The predicted octanol–water partition coefficient (Wildman–Crippen LogP) is 6.18. The van der Waals surface area contributed by atoms with Crippen molar-refractivity contribution >= 4 is 5.69 Å². The molecule has 1 aliphatic carbocycles. The van der Waals surface area contributed by atoms with E-state index < -0.39 is 0 Å². The van der Waals surface area contributed by atoms with Crippen molar-refractivity contribution in [2.24, 2.45) is 10.8 Å². The molecule has 2 heteroatoms. The highest BCUT2D eigenvalue weighted by atomic mass is 15.1. The van der Waals surface area contributed by atoms with Gasteiger partial charge in [-0.1, -0.05) is 52.2 Å². The van der Waals surface area contributed by atoms with E-state index in [9.17, 15) is 0 Å². The lowest BCUT2D eigenvalue weighted by Gasteiger charge is -2.44. The van der Waals surface area contributed by atoms with Gasteiger partial charge >= 0.3 is 0 Å². The molecule has 1 spiro atoms. The summed E-state index contributed by atoms with van der Waals surface area (Å²) in [4.78, 5) is 2.71. The number of fused-ring (bicyclic) bond motifs is 1. The molecule has 1 saturated carbocycles. The highest BCUT2D eigenvalue weighted by molar-refractivity contribution is 5.56. The standard InChI is InChI=1S/C24H38N2/c1-23(2,3)21-9-14-25-22-8-7-19(17-20(21)22)18-26-15-12-24(13-16-26)10-5-4-6-11-24/h7-8,17,21,25H,4-6,9-16,18H2,1-3H3. The molecule has 0 amide bonds. The molecule has 2 heterocycles. The van der Waals surface area contributed by atoms with Crippen molar-refractivity contribution in [2.45, 2.75) is 84.6 Å². The number of rotatable bonds is 2. The normalized spacial score (nSPS) is 26.3. The van der Waals surface area contributed by atoms with E-state index in [1.807, 2.05) is 0 Å². The quantitative estimate of drug-likeness (QED) is 0.682. The summed E-state index contributed by atoms with van der Waals surface area (Å²) in [5.74, 6) is 0.672. The Morgan fingerprint density at radius 3 is 2.46 bits per heavy atom. The maximum atomic E-state index is 3.62. The van der Waals surface area contributed by atoms with Gasteiger partial charge < -0.3 is 5.32 Å². The largest absolute Gasteiger partial charge is 0.385 e. The van der Waals surface area contributed by atoms with E-state index in [-0.39, 0.29) is 0 Å². The molecule has 1 unspecified atom stereocenters. The van der Waals surface area contributed by atoms with Gasteiger partial charge in [0.15, 0.2) is 0 Å². The first-order valence-corrected chi connectivity index (χ1v) is 11.0. The van der Waals surface area contributed by atoms with Gasteiger partial charge in [-0.2, -0.15) is 0 Å². The van der Waals surface area contributed by atoms with E-state index in [2.05, 4.69) is 49.2 Å². The van der Waals surface area contributed by atoms with E-state index >= 15 is 0 Å². The second kappa shape index (κ2) is 7.19. The molecule has 0 bridgehead atoms. The third-order valence-corrected chi connectivity index (χ3v) is 7.52. The zero-order chi connectivity index (χ0) is 18.2. The minimum Gasteiger partial charge on any atom is -0.385 e. The van der Waals surface area contributed by atoms with Crippen LogP contribution in [0.25, 0.3) is 0 Å². The summed E-state index contributed by atoms with van der Waals surface area (Å²) in [6.07, 6.45) is 11.6. The third kappa shape index (κ3) is 3.81. The van der Waals surface area contributed by atoms with Crippen LogP contribution in [-0.2, 0) is 6.54 Å². The smallest absolute Gasteiger partial charge is 0.0375 e. The molecular formula is C24H38N2. The van der Waals surface area contributed by atoms with Crippen LogP contribution in [0.2, 0.25) is 0 Å². The van der Waals surface area contributed by atoms with Crippen LogP contribution >= 0.6 is 0 Å². The minimum atomic E-state index is 0.341. The Hall–Kier alpha value is -1.02. The topological polar surface area (TPSA) is 15.3 Å². The highest BCUT2D eigenvalue weighted by Crippen LogP contribution is 2.45. The van der Waals surface area contributed by atoms with Gasteiger partial charge in [0.05, 0.1) is 0 Å². The van der Waals surface area contributed by atoms with E-state index in [4.69, 9.17) is 0 Å². The van der Waals surface area contributed by atoms with E-state index in [1.54, 1.807) is 5.56 Å². The van der Waals surface area contributed by atoms with Crippen molar-refractivity contribution < 1.29 is 0 Å². The van der Waals surface area contributed by atoms with Gasteiger partial charge in [0, 0.05) is 18.8 Å². The molecule has 0 radical (unpaired) electrons. The fourth-order valence-corrected chi connectivity index (χ4v) is 5.81. The maximum Gasteiger partial charge on any atom is 0.0375 e. The second-order valence-corrected chi connectivity index (χ2v) is 10.4. The summed E-state index contributed by atoms with van der Waals surface area (Å²) in [6.45, 7) is 12.0. The maximum absolute atomic E-state index is 3.62. The fourth-order valence-electron chi connectivity index (χ4n) is 5.81. The van der Waals surface area contributed by atoms with Crippen LogP contribution in [-0.4, -0.2) is 24.5 Å². The lowest BCUT2D eigenvalue weighted by molar-refractivity contribution is 0.0641. The highest BCUT2D eigenvalue weighted by Gasteiger charge is 2.35. The number of hydrogen-bond acceptors (Lipinski definition) is 2. The molecular weight excluding hydrogens is 316 g/mol. The Labute approximate surface area is 160 Å². The molecule has 4 rings (SSSR count). The van der Waals surface area contributed by atoms with Crippen LogP contribution in [0.1, 0.15) is 89.2 Å². The molecule has 26 heavy (non-hydrogen) atoms. The number of nitrogens with one attached hydrogen (secondary N) is 1. The molecule has 1 aromatic carbocycles. The van der Waals surface area contributed by atoms with Crippen LogP contribution in [0.5, 0.6) is 0 Å². The molecule has 2 aliphatic heterocycles. The summed E-state index contributed by atoms with van der Waals surface area (Å²) in [7, 11) is 0. The van der Waals surface area contributed by atoms with Gasteiger partial charge in [-0.05, 0) is 79.1 Å². The van der Waals surface area contributed by atoms with E-state index in [1.165, 1.54) is 75.7 Å². The summed E-state index contributed by atoms with van der Waals surface area (Å²) in [5, 5.41) is 3.62. The average molecular weight is 355 g/mol. The summed E-state index contributed by atoms with van der Waals surface area (Å²) in [6, 6.07) is 7.22. The number of benzene rings is 1. The SMILES string of the molecule is CC(C)(C)C1CCNc2ccc(CN3CCC4(CCCCC4)CC3)cc21. The van der Waals surface area contributed by atoms with Crippen LogP contribution in [0, 0.1) is 10.8 Å². The van der Waals surface area contributed by atoms with Gasteiger partial charge in [-0.25, -0.2) is 0 Å². The van der Waals surface area contributed by atoms with Crippen molar-refractivity contribution in [1.82, 2.24) is 4.90 Å². The zero-order valence-corrected chi connectivity index (χ0v) is 17.2. The number of hydrogen-bond donors (Lipinski definition) is 1. The van der Waals surface area contributed by atoms with Crippen molar-refractivity contribution in [2.75, 3.05) is 25.0 Å². The van der Waals surface area contributed by atoms with Crippen molar-refractivity contribution in [3.05, 3.63) is 29.3 Å². The lowest BCUT2D eigenvalue weighted by Crippen LogP contribution is -2.40. The number of piperidine rings is 1. The lowest BCUT2D eigenvalue weighted by atomic mass is 9.68. The molecule has 1 aromatic rings. The Balaban J connectivity index is 1.43. The van der Waals surface area contributed by atoms with E-state index in [0.717, 1.165) is 13.1 Å². The summed E-state index contributed by atoms with van der Waals surface area (Å²) < 4.78 is 0. The Bertz CT molecular complexity index is 612. The van der Waals surface area contributed by atoms with E-state index in [0.29, 0.717) is 16.7 Å². The monoisotopic (exact) mass is 354 g/mol. The molecule has 2 fully saturated rings. The predicted molar refractivity (Wildman–Crippen MR) is 112 cm³/mol. The van der Waals surface area contributed by atoms with Gasteiger partial charge in [-0.3, -0.25) is 4.90 Å². The molecule has 1 atom stereocenters. The molecule has 144 valence electrons. The second-order valence-electron chi connectivity index (χ2n) is 10.4. The number of anilines is 1. The first-order chi connectivity index (χ1) is 12.5. The first-order valence-electron chi connectivity index (χ1n) is 11.0. The average Bonchev–Trinajstić information content (AvgIpc) is 2.63. The van der Waals surface area contributed by atoms with Crippen LogP contribution in [0.3, 0.4) is 0 Å². The Morgan fingerprint density at radius 2 is 1.77 bits per heavy atom. The summed E-state index contributed by atoms with van der Waals surface area (Å²) in [5.41, 5.74) is 5.50. The number of nitrogens with zero attached hydrogens (tertiary/aromatic N) is 1.